The molecule has 0 spiro atoms. The fourth-order valence-corrected chi connectivity index (χ4v) is 3.37. The molecule has 3 rings (SSSR count). The second-order valence-corrected chi connectivity index (χ2v) is 6.56. The molecule has 0 aromatic heterocycles. The summed E-state index contributed by atoms with van der Waals surface area (Å²) >= 11 is 12.3. The van der Waals surface area contributed by atoms with E-state index in [1.807, 2.05) is 12.1 Å². The summed E-state index contributed by atoms with van der Waals surface area (Å²) in [5, 5.41) is 20.1. The quantitative estimate of drug-likeness (QED) is 0.581. The van der Waals surface area contributed by atoms with E-state index >= 15 is 0 Å². The lowest BCUT2D eigenvalue weighted by molar-refractivity contribution is 0.415. The van der Waals surface area contributed by atoms with Crippen molar-refractivity contribution in [3.63, 3.8) is 0 Å². The molecule has 0 bridgehead atoms. The highest BCUT2D eigenvalue weighted by Gasteiger charge is 2.19. The molecule has 132 valence electrons. The molecule has 0 saturated carbocycles. The largest absolute Gasteiger partial charge is 0.497 e. The average molecular weight is 394 g/mol. The fourth-order valence-electron chi connectivity index (χ4n) is 2.86. The van der Waals surface area contributed by atoms with Crippen molar-refractivity contribution in [2.24, 2.45) is 0 Å². The Hall–Kier alpha value is -3.18. The highest BCUT2D eigenvalue weighted by Crippen LogP contribution is 2.40. The Bertz CT molecular complexity index is 1110. The van der Waals surface area contributed by atoms with Crippen LogP contribution in [0.5, 0.6) is 5.75 Å². The SMILES string of the molecule is COc1ccc(-c2cc(-c3ccc(Cl)cc3Cl)c(C#N)c(N)c2C#N)cc1. The van der Waals surface area contributed by atoms with Crippen molar-refractivity contribution in [3.05, 3.63) is 69.7 Å². The van der Waals surface area contributed by atoms with E-state index in [0.29, 0.717) is 32.5 Å². The number of halogens is 2. The first kappa shape index (κ1) is 18.6. The third kappa shape index (κ3) is 3.41. The maximum Gasteiger partial charge on any atom is 0.118 e. The van der Waals surface area contributed by atoms with Gasteiger partial charge in [-0.3, -0.25) is 0 Å². The lowest BCUT2D eigenvalue weighted by atomic mass is 9.89. The van der Waals surface area contributed by atoms with Gasteiger partial charge < -0.3 is 10.5 Å². The minimum atomic E-state index is 0.120. The molecule has 6 heteroatoms. The predicted molar refractivity (Wildman–Crippen MR) is 108 cm³/mol. The van der Waals surface area contributed by atoms with Gasteiger partial charge in [0, 0.05) is 26.7 Å². The molecule has 0 saturated heterocycles. The van der Waals surface area contributed by atoms with E-state index < -0.39 is 0 Å². The van der Waals surface area contributed by atoms with Crippen LogP contribution in [0.25, 0.3) is 22.3 Å². The molecule has 0 atom stereocenters. The van der Waals surface area contributed by atoms with E-state index in [1.54, 1.807) is 43.5 Å². The fraction of sp³-hybridized carbons (Fsp3) is 0.0476. The predicted octanol–water partition coefficient (Wildman–Crippen LogP) is 5.66. The van der Waals surface area contributed by atoms with Gasteiger partial charge in [0.15, 0.2) is 0 Å². The van der Waals surface area contributed by atoms with Gasteiger partial charge in [0.05, 0.1) is 23.9 Å². The van der Waals surface area contributed by atoms with Crippen LogP contribution < -0.4 is 10.5 Å². The highest BCUT2D eigenvalue weighted by molar-refractivity contribution is 6.36. The van der Waals surface area contributed by atoms with Gasteiger partial charge in [-0.25, -0.2) is 0 Å². The van der Waals surface area contributed by atoms with E-state index in [4.69, 9.17) is 33.7 Å². The van der Waals surface area contributed by atoms with Crippen molar-refractivity contribution in [1.29, 1.82) is 10.5 Å². The number of hydrogen-bond donors (Lipinski definition) is 1. The van der Waals surface area contributed by atoms with Gasteiger partial charge in [-0.2, -0.15) is 10.5 Å². The molecule has 2 N–H and O–H groups in total. The normalized spacial score (nSPS) is 10.1. The second-order valence-electron chi connectivity index (χ2n) is 5.71. The molecule has 0 fully saturated rings. The molecule has 0 radical (unpaired) electrons. The molecular weight excluding hydrogens is 381 g/mol. The molecule has 0 aliphatic carbocycles. The number of ether oxygens (including phenoxy) is 1. The van der Waals surface area contributed by atoms with Crippen LogP contribution in [-0.2, 0) is 0 Å². The molecule has 3 aromatic rings. The van der Waals surface area contributed by atoms with E-state index in [0.717, 1.165) is 5.56 Å². The minimum absolute atomic E-state index is 0.120. The first-order valence-corrected chi connectivity index (χ1v) is 8.62. The number of hydrogen-bond acceptors (Lipinski definition) is 4. The van der Waals surface area contributed by atoms with Gasteiger partial charge in [0.25, 0.3) is 0 Å². The van der Waals surface area contributed by atoms with Crippen molar-refractivity contribution in [1.82, 2.24) is 0 Å². The van der Waals surface area contributed by atoms with E-state index in [-0.39, 0.29) is 16.8 Å². The van der Waals surface area contributed by atoms with Crippen LogP contribution in [0.3, 0.4) is 0 Å². The summed E-state index contributed by atoms with van der Waals surface area (Å²) in [7, 11) is 1.58. The standard InChI is InChI=1S/C21H13Cl2N3O/c1-27-14-5-2-12(3-6-14)16-9-17(15-7-4-13(22)8-20(15)23)19(11-25)21(26)18(16)10-24/h2-9H,26H2,1H3. The van der Waals surface area contributed by atoms with Gasteiger partial charge in [-0.1, -0.05) is 41.4 Å². The molecule has 3 aromatic carbocycles. The third-order valence-corrected chi connectivity index (χ3v) is 4.76. The van der Waals surface area contributed by atoms with Crippen LogP contribution in [0.15, 0.2) is 48.5 Å². The zero-order chi connectivity index (χ0) is 19.6. The molecule has 0 amide bonds. The van der Waals surface area contributed by atoms with Gasteiger partial charge in [-0.15, -0.1) is 0 Å². The summed E-state index contributed by atoms with van der Waals surface area (Å²) in [6.07, 6.45) is 0. The number of anilines is 1. The van der Waals surface area contributed by atoms with Gasteiger partial charge in [0.1, 0.15) is 17.9 Å². The number of nitrogen functional groups attached to an aromatic ring is 1. The first-order valence-electron chi connectivity index (χ1n) is 7.86. The Labute approximate surface area is 166 Å². The Balaban J connectivity index is 2.33. The van der Waals surface area contributed by atoms with Crippen molar-refractivity contribution < 1.29 is 4.74 Å². The maximum absolute atomic E-state index is 9.63. The summed E-state index contributed by atoms with van der Waals surface area (Å²) < 4.78 is 5.18. The van der Waals surface area contributed by atoms with Crippen LogP contribution in [0.2, 0.25) is 10.0 Å². The average Bonchev–Trinajstić information content (AvgIpc) is 2.67. The number of nitrogens with zero attached hydrogens (tertiary/aromatic N) is 2. The first-order chi connectivity index (χ1) is 13.0. The maximum atomic E-state index is 9.63. The second kappa shape index (κ2) is 7.60. The highest BCUT2D eigenvalue weighted by atomic mass is 35.5. The van der Waals surface area contributed by atoms with Crippen LogP contribution in [0, 0.1) is 22.7 Å². The third-order valence-electron chi connectivity index (χ3n) is 4.21. The Kier molecular flexibility index (Phi) is 5.23. The summed E-state index contributed by atoms with van der Waals surface area (Å²) in [4.78, 5) is 0. The smallest absolute Gasteiger partial charge is 0.118 e. The van der Waals surface area contributed by atoms with Crippen molar-refractivity contribution in [3.8, 4) is 40.1 Å². The monoisotopic (exact) mass is 393 g/mol. The lowest BCUT2D eigenvalue weighted by Crippen LogP contribution is -2.01. The van der Waals surface area contributed by atoms with Crippen LogP contribution >= 0.6 is 23.2 Å². The molecule has 27 heavy (non-hydrogen) atoms. The molecular formula is C21H13Cl2N3O. The van der Waals surface area contributed by atoms with Crippen molar-refractivity contribution in [2.75, 3.05) is 12.8 Å². The zero-order valence-corrected chi connectivity index (χ0v) is 15.8. The molecule has 0 aliphatic heterocycles. The number of rotatable bonds is 3. The minimum Gasteiger partial charge on any atom is -0.497 e. The molecule has 0 heterocycles. The van der Waals surface area contributed by atoms with Gasteiger partial charge in [-0.05, 0) is 35.9 Å². The molecule has 0 unspecified atom stereocenters. The van der Waals surface area contributed by atoms with Gasteiger partial charge >= 0.3 is 0 Å². The van der Waals surface area contributed by atoms with Crippen LogP contribution in [0.1, 0.15) is 11.1 Å². The number of methoxy groups -OCH3 is 1. The van der Waals surface area contributed by atoms with E-state index in [1.165, 1.54) is 0 Å². The number of nitriles is 2. The summed E-state index contributed by atoms with van der Waals surface area (Å²) in [6, 6.07) is 18.2. The Morgan fingerprint density at radius 2 is 1.48 bits per heavy atom. The Morgan fingerprint density at radius 1 is 0.852 bits per heavy atom. The van der Waals surface area contributed by atoms with E-state index in [9.17, 15) is 10.5 Å². The molecule has 0 aliphatic rings. The van der Waals surface area contributed by atoms with Gasteiger partial charge in [0.2, 0.25) is 0 Å². The number of benzene rings is 3. The molecule has 4 nitrogen and oxygen atoms in total. The van der Waals surface area contributed by atoms with E-state index in [2.05, 4.69) is 12.1 Å². The Morgan fingerprint density at radius 3 is 2.04 bits per heavy atom. The zero-order valence-electron chi connectivity index (χ0n) is 14.3. The van der Waals surface area contributed by atoms with Crippen molar-refractivity contribution >= 4 is 28.9 Å². The van der Waals surface area contributed by atoms with Crippen LogP contribution in [-0.4, -0.2) is 7.11 Å². The summed E-state index contributed by atoms with van der Waals surface area (Å²) in [5.41, 5.74) is 9.28. The summed E-state index contributed by atoms with van der Waals surface area (Å²) in [6.45, 7) is 0. The summed E-state index contributed by atoms with van der Waals surface area (Å²) in [5.74, 6) is 0.694. The topological polar surface area (TPSA) is 82.8 Å². The van der Waals surface area contributed by atoms with Crippen LogP contribution in [0.4, 0.5) is 5.69 Å². The lowest BCUT2D eigenvalue weighted by Gasteiger charge is -2.15. The van der Waals surface area contributed by atoms with Crippen molar-refractivity contribution in [2.45, 2.75) is 0 Å². The number of nitrogens with two attached hydrogens (primary N) is 1.